The minimum absolute atomic E-state index is 0.214. The van der Waals surface area contributed by atoms with E-state index in [0.29, 0.717) is 0 Å². The number of nitrogens with zero attached hydrogens (tertiary/aromatic N) is 1. The lowest BCUT2D eigenvalue weighted by molar-refractivity contribution is 0.150. The van der Waals surface area contributed by atoms with Gasteiger partial charge in [0, 0.05) is 12.6 Å². The Bertz CT molecular complexity index is 161. The molecule has 3 atom stereocenters. The molecular weight excluding hydrogens is 176 g/mol. The Balaban J connectivity index is 2.14. The summed E-state index contributed by atoms with van der Waals surface area (Å²) >= 11 is 0. The largest absolute Gasteiger partial charge is 0.392 e. The van der Waals surface area contributed by atoms with Gasteiger partial charge in [-0.3, -0.25) is 0 Å². The maximum Gasteiger partial charge on any atom is 0.0662 e. The van der Waals surface area contributed by atoms with Crippen molar-refractivity contribution in [1.29, 1.82) is 0 Å². The van der Waals surface area contributed by atoms with E-state index >= 15 is 0 Å². The van der Waals surface area contributed by atoms with E-state index in [4.69, 9.17) is 0 Å². The van der Waals surface area contributed by atoms with Crippen molar-refractivity contribution in [1.82, 2.24) is 10.2 Å². The first-order valence-electron chi connectivity index (χ1n) is 5.77. The van der Waals surface area contributed by atoms with Gasteiger partial charge >= 0.3 is 0 Å². The van der Waals surface area contributed by atoms with E-state index in [0.717, 1.165) is 12.5 Å². The summed E-state index contributed by atoms with van der Waals surface area (Å²) in [6, 6.07) is 0.214. The lowest BCUT2D eigenvalue weighted by Crippen LogP contribution is -2.39. The minimum Gasteiger partial charge on any atom is -0.392 e. The number of hydrogen-bond acceptors (Lipinski definition) is 3. The molecule has 1 heterocycles. The van der Waals surface area contributed by atoms with Gasteiger partial charge in [0.05, 0.1) is 6.10 Å². The number of hydrogen-bond donors (Lipinski definition) is 2. The fraction of sp³-hybridized carbons (Fsp3) is 1.00. The zero-order valence-corrected chi connectivity index (χ0v) is 9.66. The van der Waals surface area contributed by atoms with E-state index in [1.165, 1.54) is 26.1 Å². The molecule has 3 nitrogen and oxygen atoms in total. The summed E-state index contributed by atoms with van der Waals surface area (Å²) in [7, 11) is 0. The van der Waals surface area contributed by atoms with Crippen molar-refractivity contribution in [2.24, 2.45) is 5.92 Å². The highest BCUT2D eigenvalue weighted by Crippen LogP contribution is 2.14. The Morgan fingerprint density at radius 3 is 2.71 bits per heavy atom. The third-order valence-corrected chi connectivity index (χ3v) is 3.27. The van der Waals surface area contributed by atoms with E-state index in [1.807, 2.05) is 13.8 Å². The molecule has 0 spiro atoms. The highest BCUT2D eigenvalue weighted by Gasteiger charge is 2.21. The van der Waals surface area contributed by atoms with Crippen molar-refractivity contribution >= 4 is 0 Å². The first kappa shape index (κ1) is 12.0. The van der Waals surface area contributed by atoms with E-state index < -0.39 is 0 Å². The van der Waals surface area contributed by atoms with Crippen LogP contribution in [-0.4, -0.2) is 48.3 Å². The van der Waals surface area contributed by atoms with Crippen molar-refractivity contribution in [3.8, 4) is 0 Å². The zero-order valence-electron chi connectivity index (χ0n) is 9.66. The second kappa shape index (κ2) is 5.69. The van der Waals surface area contributed by atoms with Gasteiger partial charge in [0.15, 0.2) is 0 Å². The van der Waals surface area contributed by atoms with Crippen LogP contribution in [0.2, 0.25) is 0 Å². The van der Waals surface area contributed by atoms with Crippen LogP contribution in [0.4, 0.5) is 0 Å². The summed E-state index contributed by atoms with van der Waals surface area (Å²) in [5.41, 5.74) is 0. The van der Waals surface area contributed by atoms with Crippen LogP contribution >= 0.6 is 0 Å². The SMILES string of the molecule is CCN1CCC(CNC(C)C(C)O)C1. The Hall–Kier alpha value is -0.120. The average Bonchev–Trinajstić information content (AvgIpc) is 2.61. The van der Waals surface area contributed by atoms with Gasteiger partial charge < -0.3 is 15.3 Å². The molecule has 1 aliphatic heterocycles. The van der Waals surface area contributed by atoms with Crippen LogP contribution in [0.25, 0.3) is 0 Å². The van der Waals surface area contributed by atoms with Crippen molar-refractivity contribution in [3.05, 3.63) is 0 Å². The van der Waals surface area contributed by atoms with E-state index in [-0.39, 0.29) is 12.1 Å². The fourth-order valence-electron chi connectivity index (χ4n) is 1.89. The summed E-state index contributed by atoms with van der Waals surface area (Å²) in [6.45, 7) is 10.8. The van der Waals surface area contributed by atoms with E-state index in [2.05, 4.69) is 17.1 Å². The van der Waals surface area contributed by atoms with Gasteiger partial charge in [-0.05, 0) is 45.8 Å². The third kappa shape index (κ3) is 3.56. The highest BCUT2D eigenvalue weighted by molar-refractivity contribution is 4.78. The van der Waals surface area contributed by atoms with Gasteiger partial charge in [-0.15, -0.1) is 0 Å². The molecule has 1 aliphatic rings. The number of likely N-dealkylation sites (tertiary alicyclic amines) is 1. The standard InChI is InChI=1S/C11H24N2O/c1-4-13-6-5-11(8-13)7-12-9(2)10(3)14/h9-12,14H,4-8H2,1-3H3. The van der Waals surface area contributed by atoms with Gasteiger partial charge in [-0.2, -0.15) is 0 Å². The van der Waals surface area contributed by atoms with E-state index in [9.17, 15) is 5.11 Å². The number of rotatable bonds is 5. The van der Waals surface area contributed by atoms with Crippen molar-refractivity contribution < 1.29 is 5.11 Å². The molecule has 0 saturated carbocycles. The molecule has 14 heavy (non-hydrogen) atoms. The van der Waals surface area contributed by atoms with Gasteiger partial charge in [-0.25, -0.2) is 0 Å². The molecule has 0 aromatic rings. The lowest BCUT2D eigenvalue weighted by Gasteiger charge is -2.19. The topological polar surface area (TPSA) is 35.5 Å². The van der Waals surface area contributed by atoms with Gasteiger partial charge in [0.1, 0.15) is 0 Å². The van der Waals surface area contributed by atoms with E-state index in [1.54, 1.807) is 0 Å². The van der Waals surface area contributed by atoms with Gasteiger partial charge in [0.25, 0.3) is 0 Å². The second-order valence-corrected chi connectivity index (χ2v) is 4.49. The molecule has 84 valence electrons. The quantitative estimate of drug-likeness (QED) is 0.685. The number of nitrogens with one attached hydrogen (secondary N) is 1. The summed E-state index contributed by atoms with van der Waals surface area (Å²) in [6.07, 6.45) is 1.05. The first-order chi connectivity index (χ1) is 6.63. The number of aliphatic hydroxyl groups excluding tert-OH is 1. The molecule has 0 amide bonds. The lowest BCUT2D eigenvalue weighted by atomic mass is 10.1. The third-order valence-electron chi connectivity index (χ3n) is 3.27. The van der Waals surface area contributed by atoms with Crippen LogP contribution in [-0.2, 0) is 0 Å². The summed E-state index contributed by atoms with van der Waals surface area (Å²) < 4.78 is 0. The van der Waals surface area contributed by atoms with Crippen LogP contribution in [0.15, 0.2) is 0 Å². The molecule has 1 fully saturated rings. The van der Waals surface area contributed by atoms with Gasteiger partial charge in [0.2, 0.25) is 0 Å². The first-order valence-corrected chi connectivity index (χ1v) is 5.77. The van der Waals surface area contributed by atoms with Crippen molar-refractivity contribution in [2.75, 3.05) is 26.2 Å². The Kier molecular flexibility index (Phi) is 4.85. The second-order valence-electron chi connectivity index (χ2n) is 4.49. The molecule has 0 aromatic heterocycles. The predicted octanol–water partition coefficient (Wildman–Crippen LogP) is 0.687. The normalized spacial score (nSPS) is 27.9. The molecule has 1 rings (SSSR count). The zero-order chi connectivity index (χ0) is 10.6. The Morgan fingerprint density at radius 2 is 2.21 bits per heavy atom. The van der Waals surface area contributed by atoms with Crippen LogP contribution in [0.1, 0.15) is 27.2 Å². The molecule has 0 radical (unpaired) electrons. The molecule has 2 N–H and O–H groups in total. The molecule has 3 heteroatoms. The predicted molar refractivity (Wildman–Crippen MR) is 59.4 cm³/mol. The summed E-state index contributed by atoms with van der Waals surface area (Å²) in [5.74, 6) is 0.774. The maximum atomic E-state index is 9.32. The molecule has 0 bridgehead atoms. The van der Waals surface area contributed by atoms with Crippen LogP contribution < -0.4 is 5.32 Å². The molecule has 3 unspecified atom stereocenters. The molecule has 0 aliphatic carbocycles. The van der Waals surface area contributed by atoms with Crippen LogP contribution in [0.5, 0.6) is 0 Å². The molecule has 1 saturated heterocycles. The minimum atomic E-state index is -0.251. The smallest absolute Gasteiger partial charge is 0.0662 e. The maximum absolute atomic E-state index is 9.32. The molecule has 0 aromatic carbocycles. The highest BCUT2D eigenvalue weighted by atomic mass is 16.3. The van der Waals surface area contributed by atoms with Crippen molar-refractivity contribution in [2.45, 2.75) is 39.3 Å². The summed E-state index contributed by atoms with van der Waals surface area (Å²) in [5, 5.41) is 12.7. The monoisotopic (exact) mass is 200 g/mol. The molecular formula is C11H24N2O. The van der Waals surface area contributed by atoms with Crippen LogP contribution in [0.3, 0.4) is 0 Å². The number of aliphatic hydroxyl groups is 1. The fourth-order valence-corrected chi connectivity index (χ4v) is 1.89. The summed E-state index contributed by atoms with van der Waals surface area (Å²) in [4.78, 5) is 2.49. The average molecular weight is 200 g/mol. The van der Waals surface area contributed by atoms with Crippen molar-refractivity contribution in [3.63, 3.8) is 0 Å². The van der Waals surface area contributed by atoms with Crippen LogP contribution in [0, 0.1) is 5.92 Å². The van der Waals surface area contributed by atoms with Gasteiger partial charge in [-0.1, -0.05) is 6.92 Å². The Labute approximate surface area is 87.5 Å². The Morgan fingerprint density at radius 1 is 1.50 bits per heavy atom.